The second-order valence-electron chi connectivity index (χ2n) is 6.24. The van der Waals surface area contributed by atoms with E-state index in [4.69, 9.17) is 5.73 Å². The first-order valence-electron chi connectivity index (χ1n) is 7.68. The number of hydrogen-bond donors (Lipinski definition) is 1. The fourth-order valence-electron chi connectivity index (χ4n) is 3.78. The molecule has 3 nitrogen and oxygen atoms in total. The van der Waals surface area contributed by atoms with Crippen LogP contribution in [0.15, 0.2) is 54.6 Å². The summed E-state index contributed by atoms with van der Waals surface area (Å²) in [6.45, 7) is 0. The zero-order chi connectivity index (χ0) is 15.7. The predicted molar refractivity (Wildman–Crippen MR) is 88.5 cm³/mol. The van der Waals surface area contributed by atoms with Gasteiger partial charge in [-0.15, -0.1) is 0 Å². The average Bonchev–Trinajstić information content (AvgIpc) is 2.54. The summed E-state index contributed by atoms with van der Waals surface area (Å²) in [6.07, 6.45) is 1.66. The van der Waals surface area contributed by atoms with Crippen molar-refractivity contribution in [2.75, 3.05) is 14.1 Å². The minimum absolute atomic E-state index is 0.261. The molecule has 0 saturated heterocycles. The number of hydrogen-bond acceptors (Lipinski definition) is 2. The van der Waals surface area contributed by atoms with Crippen LogP contribution in [0.25, 0.3) is 0 Å². The van der Waals surface area contributed by atoms with Crippen LogP contribution in [0.5, 0.6) is 0 Å². The Bertz CT molecular complexity index is 681. The number of benzene rings is 2. The van der Waals surface area contributed by atoms with Crippen molar-refractivity contribution in [1.82, 2.24) is 4.90 Å². The molecule has 0 fully saturated rings. The van der Waals surface area contributed by atoms with E-state index >= 15 is 0 Å². The fraction of sp³-hybridized carbons (Fsp3) is 0.316. The van der Waals surface area contributed by atoms with Gasteiger partial charge in [0.15, 0.2) is 0 Å². The van der Waals surface area contributed by atoms with Crippen LogP contribution in [-0.2, 0) is 10.2 Å². The monoisotopic (exact) mass is 294 g/mol. The summed E-state index contributed by atoms with van der Waals surface area (Å²) in [5.74, 6) is -0.261. The largest absolute Gasteiger partial charge is 0.369 e. The number of nitrogens with two attached hydrogens (primary N) is 1. The third kappa shape index (κ3) is 2.13. The molecule has 0 aromatic heterocycles. The van der Waals surface area contributed by atoms with Crippen LogP contribution in [0.4, 0.5) is 0 Å². The van der Waals surface area contributed by atoms with E-state index in [0.29, 0.717) is 6.04 Å². The molecule has 0 aliphatic heterocycles. The van der Waals surface area contributed by atoms with Gasteiger partial charge in [0.05, 0.1) is 5.41 Å². The highest BCUT2D eigenvalue weighted by Gasteiger charge is 2.46. The SMILES string of the molecule is CN(C)C1CCC(C(N)=O)(c2ccccc2)c2ccccc21. The lowest BCUT2D eigenvalue weighted by molar-refractivity contribution is -0.122. The number of amides is 1. The van der Waals surface area contributed by atoms with Crippen molar-refractivity contribution in [2.45, 2.75) is 24.3 Å². The van der Waals surface area contributed by atoms with Gasteiger partial charge in [0.2, 0.25) is 5.91 Å². The summed E-state index contributed by atoms with van der Waals surface area (Å²) in [5.41, 5.74) is 8.46. The van der Waals surface area contributed by atoms with Gasteiger partial charge in [-0.25, -0.2) is 0 Å². The van der Waals surface area contributed by atoms with Gasteiger partial charge in [-0.1, -0.05) is 54.6 Å². The molecular formula is C19H22N2O. The van der Waals surface area contributed by atoms with Crippen LogP contribution in [0, 0.1) is 0 Å². The van der Waals surface area contributed by atoms with E-state index in [2.05, 4.69) is 31.1 Å². The normalized spacial score (nSPS) is 24.0. The second kappa shape index (κ2) is 5.58. The molecule has 3 rings (SSSR count). The van der Waals surface area contributed by atoms with Gasteiger partial charge in [-0.2, -0.15) is 0 Å². The molecule has 2 N–H and O–H groups in total. The van der Waals surface area contributed by atoms with Crippen molar-refractivity contribution >= 4 is 5.91 Å². The molecule has 0 saturated carbocycles. The smallest absolute Gasteiger partial charge is 0.232 e. The lowest BCUT2D eigenvalue weighted by Crippen LogP contribution is -2.46. The van der Waals surface area contributed by atoms with Crippen LogP contribution in [0.3, 0.4) is 0 Å². The van der Waals surface area contributed by atoms with Crippen molar-refractivity contribution in [3.05, 3.63) is 71.3 Å². The Kier molecular flexibility index (Phi) is 3.75. The van der Waals surface area contributed by atoms with Crippen LogP contribution in [0.1, 0.15) is 35.6 Å². The van der Waals surface area contributed by atoms with Crippen LogP contribution in [-0.4, -0.2) is 24.9 Å². The van der Waals surface area contributed by atoms with Gasteiger partial charge in [0, 0.05) is 6.04 Å². The summed E-state index contributed by atoms with van der Waals surface area (Å²) in [4.78, 5) is 14.7. The molecule has 2 atom stereocenters. The van der Waals surface area contributed by atoms with Gasteiger partial charge in [0.25, 0.3) is 0 Å². The summed E-state index contributed by atoms with van der Waals surface area (Å²) >= 11 is 0. The van der Waals surface area contributed by atoms with Gasteiger partial charge < -0.3 is 10.6 Å². The standard InChI is InChI=1S/C19H22N2O/c1-21(2)17-12-13-19(18(20)22,14-8-4-3-5-9-14)16-11-7-6-10-15(16)17/h3-11,17H,12-13H2,1-2H3,(H2,20,22). The topological polar surface area (TPSA) is 46.3 Å². The molecule has 0 spiro atoms. The Hall–Kier alpha value is -2.13. The van der Waals surface area contributed by atoms with Crippen LogP contribution < -0.4 is 5.73 Å². The molecular weight excluding hydrogens is 272 g/mol. The van der Waals surface area contributed by atoms with Crippen molar-refractivity contribution in [3.63, 3.8) is 0 Å². The second-order valence-corrected chi connectivity index (χ2v) is 6.24. The van der Waals surface area contributed by atoms with E-state index < -0.39 is 5.41 Å². The van der Waals surface area contributed by atoms with E-state index in [1.165, 1.54) is 5.56 Å². The Morgan fingerprint density at radius 1 is 1.09 bits per heavy atom. The first kappa shape index (κ1) is 14.8. The Morgan fingerprint density at radius 3 is 2.36 bits per heavy atom. The number of fused-ring (bicyclic) bond motifs is 1. The van der Waals surface area contributed by atoms with E-state index in [1.807, 2.05) is 42.5 Å². The predicted octanol–water partition coefficient (Wildman–Crippen LogP) is 2.85. The molecule has 2 aromatic carbocycles. The maximum atomic E-state index is 12.5. The third-order valence-electron chi connectivity index (χ3n) is 4.88. The third-order valence-corrected chi connectivity index (χ3v) is 4.88. The molecule has 1 amide bonds. The molecule has 1 aliphatic carbocycles. The van der Waals surface area contributed by atoms with Crippen molar-refractivity contribution in [2.24, 2.45) is 5.73 Å². The zero-order valence-corrected chi connectivity index (χ0v) is 13.1. The lowest BCUT2D eigenvalue weighted by atomic mass is 9.64. The van der Waals surface area contributed by atoms with Crippen LogP contribution >= 0.6 is 0 Å². The maximum absolute atomic E-state index is 12.5. The summed E-state index contributed by atoms with van der Waals surface area (Å²) in [7, 11) is 4.17. The molecule has 0 heterocycles. The van der Waals surface area contributed by atoms with E-state index in [0.717, 1.165) is 24.0 Å². The lowest BCUT2D eigenvalue weighted by Gasteiger charge is -2.42. The number of carbonyl (C=O) groups excluding carboxylic acids is 1. The van der Waals surface area contributed by atoms with Gasteiger partial charge in [0.1, 0.15) is 0 Å². The molecule has 2 unspecified atom stereocenters. The first-order valence-corrected chi connectivity index (χ1v) is 7.68. The highest BCUT2D eigenvalue weighted by molar-refractivity contribution is 5.91. The minimum Gasteiger partial charge on any atom is -0.369 e. The van der Waals surface area contributed by atoms with Gasteiger partial charge >= 0.3 is 0 Å². The molecule has 3 heteroatoms. The average molecular weight is 294 g/mol. The first-order chi connectivity index (χ1) is 10.6. The Labute approximate surface area is 131 Å². The maximum Gasteiger partial charge on any atom is 0.232 e. The molecule has 22 heavy (non-hydrogen) atoms. The quantitative estimate of drug-likeness (QED) is 0.946. The molecule has 0 radical (unpaired) electrons. The number of rotatable bonds is 3. The zero-order valence-electron chi connectivity index (χ0n) is 13.1. The van der Waals surface area contributed by atoms with Crippen LogP contribution in [0.2, 0.25) is 0 Å². The molecule has 0 bridgehead atoms. The van der Waals surface area contributed by atoms with Gasteiger partial charge in [-0.3, -0.25) is 4.79 Å². The molecule has 2 aromatic rings. The summed E-state index contributed by atoms with van der Waals surface area (Å²) in [5, 5.41) is 0. The Balaban J connectivity index is 2.25. The van der Waals surface area contributed by atoms with Crippen molar-refractivity contribution < 1.29 is 4.79 Å². The minimum atomic E-state index is -0.718. The highest BCUT2D eigenvalue weighted by Crippen LogP contribution is 2.47. The summed E-state index contributed by atoms with van der Waals surface area (Å²) in [6, 6.07) is 18.5. The molecule has 1 aliphatic rings. The molecule has 114 valence electrons. The number of nitrogens with zero attached hydrogens (tertiary/aromatic N) is 1. The Morgan fingerprint density at radius 2 is 1.73 bits per heavy atom. The van der Waals surface area contributed by atoms with E-state index in [1.54, 1.807) is 0 Å². The van der Waals surface area contributed by atoms with Gasteiger partial charge in [-0.05, 0) is 43.6 Å². The number of carbonyl (C=O) groups is 1. The fourth-order valence-corrected chi connectivity index (χ4v) is 3.78. The van der Waals surface area contributed by atoms with E-state index in [9.17, 15) is 4.79 Å². The number of primary amides is 1. The van der Waals surface area contributed by atoms with E-state index in [-0.39, 0.29) is 5.91 Å². The highest BCUT2D eigenvalue weighted by atomic mass is 16.1. The summed E-state index contributed by atoms with van der Waals surface area (Å²) < 4.78 is 0. The van der Waals surface area contributed by atoms with Crippen molar-refractivity contribution in [3.8, 4) is 0 Å². The van der Waals surface area contributed by atoms with Crippen molar-refractivity contribution in [1.29, 1.82) is 0 Å².